The number of thiazole rings is 1. The summed E-state index contributed by atoms with van der Waals surface area (Å²) in [7, 11) is 0. The molecule has 0 aliphatic carbocycles. The summed E-state index contributed by atoms with van der Waals surface area (Å²) >= 11 is 1.61. The SMILES string of the molecule is OC[C@H]1O[C@@H](n2cnc3c(NCCc4nc(-c5ccccc5)cs4)ncnc32)C(O)C1O. The molecule has 1 aliphatic heterocycles. The Balaban J connectivity index is 1.28. The molecule has 1 aliphatic rings. The van der Waals surface area contributed by atoms with Crippen molar-refractivity contribution in [1.82, 2.24) is 24.5 Å². The van der Waals surface area contributed by atoms with Crippen LogP contribution in [0.5, 0.6) is 0 Å². The van der Waals surface area contributed by atoms with Crippen molar-refractivity contribution in [2.24, 2.45) is 0 Å². The Morgan fingerprint density at radius 2 is 1.94 bits per heavy atom. The number of rotatable bonds is 7. The van der Waals surface area contributed by atoms with Gasteiger partial charge in [0.05, 0.1) is 23.6 Å². The van der Waals surface area contributed by atoms with Crippen LogP contribution in [-0.2, 0) is 11.2 Å². The van der Waals surface area contributed by atoms with Gasteiger partial charge in [-0.1, -0.05) is 30.3 Å². The van der Waals surface area contributed by atoms with Crippen molar-refractivity contribution in [3.63, 3.8) is 0 Å². The van der Waals surface area contributed by atoms with Gasteiger partial charge in [-0.25, -0.2) is 19.9 Å². The molecule has 0 bridgehead atoms. The third-order valence-corrected chi connectivity index (χ3v) is 6.31. The fraction of sp³-hybridized carbons (Fsp3) is 0.333. The Morgan fingerprint density at radius 1 is 1.09 bits per heavy atom. The van der Waals surface area contributed by atoms with Gasteiger partial charge in [0.1, 0.15) is 24.6 Å². The van der Waals surface area contributed by atoms with E-state index in [2.05, 4.69) is 25.6 Å². The minimum Gasteiger partial charge on any atom is -0.394 e. The summed E-state index contributed by atoms with van der Waals surface area (Å²) < 4.78 is 7.13. The zero-order valence-corrected chi connectivity index (χ0v) is 17.8. The van der Waals surface area contributed by atoms with E-state index < -0.39 is 31.1 Å². The molecule has 4 atom stereocenters. The third kappa shape index (κ3) is 3.85. The number of aliphatic hydroxyl groups is 3. The van der Waals surface area contributed by atoms with Crippen LogP contribution >= 0.6 is 11.3 Å². The second-order valence-electron chi connectivity index (χ2n) is 7.44. The maximum atomic E-state index is 10.3. The number of nitrogens with zero attached hydrogens (tertiary/aromatic N) is 5. The lowest BCUT2D eigenvalue weighted by Gasteiger charge is -2.16. The van der Waals surface area contributed by atoms with E-state index in [9.17, 15) is 15.3 Å². The van der Waals surface area contributed by atoms with E-state index in [0.717, 1.165) is 22.7 Å². The monoisotopic (exact) mass is 454 g/mol. The molecular weight excluding hydrogens is 432 g/mol. The Morgan fingerprint density at radius 3 is 2.72 bits per heavy atom. The van der Waals surface area contributed by atoms with E-state index in [4.69, 9.17) is 9.72 Å². The molecule has 1 fully saturated rings. The summed E-state index contributed by atoms with van der Waals surface area (Å²) in [5, 5.41) is 36.0. The largest absolute Gasteiger partial charge is 0.394 e. The molecule has 1 saturated heterocycles. The van der Waals surface area contributed by atoms with E-state index in [1.54, 1.807) is 15.9 Å². The number of fused-ring (bicyclic) bond motifs is 1. The summed E-state index contributed by atoms with van der Waals surface area (Å²) in [6, 6.07) is 10.1. The summed E-state index contributed by atoms with van der Waals surface area (Å²) in [6.07, 6.45) is -0.564. The number of benzene rings is 1. The number of hydrogen-bond donors (Lipinski definition) is 4. The summed E-state index contributed by atoms with van der Waals surface area (Å²) in [5.41, 5.74) is 3.04. The highest BCUT2D eigenvalue weighted by Crippen LogP contribution is 2.32. The average molecular weight is 455 g/mol. The summed E-state index contributed by atoms with van der Waals surface area (Å²) in [6.45, 7) is 0.209. The van der Waals surface area contributed by atoms with E-state index in [1.807, 2.05) is 30.3 Å². The molecular formula is C21H22N6O4S. The van der Waals surface area contributed by atoms with Gasteiger partial charge in [0, 0.05) is 23.9 Å². The predicted molar refractivity (Wildman–Crippen MR) is 118 cm³/mol. The van der Waals surface area contributed by atoms with Gasteiger partial charge in [0.25, 0.3) is 0 Å². The molecule has 4 N–H and O–H groups in total. The normalized spacial score (nSPS) is 23.1. The van der Waals surface area contributed by atoms with Gasteiger partial charge in [-0.15, -0.1) is 11.3 Å². The second-order valence-corrected chi connectivity index (χ2v) is 8.39. The van der Waals surface area contributed by atoms with E-state index >= 15 is 0 Å². The highest BCUT2D eigenvalue weighted by atomic mass is 32.1. The maximum absolute atomic E-state index is 10.3. The van der Waals surface area contributed by atoms with Gasteiger partial charge >= 0.3 is 0 Å². The first-order valence-electron chi connectivity index (χ1n) is 10.2. The molecule has 10 nitrogen and oxygen atoms in total. The first-order valence-corrected chi connectivity index (χ1v) is 11.1. The Bertz CT molecular complexity index is 1200. The molecule has 32 heavy (non-hydrogen) atoms. The van der Waals surface area contributed by atoms with Crippen LogP contribution in [0.4, 0.5) is 5.82 Å². The van der Waals surface area contributed by atoms with Gasteiger partial charge in [0.2, 0.25) is 0 Å². The molecule has 3 aromatic heterocycles. The lowest BCUT2D eigenvalue weighted by Crippen LogP contribution is -2.33. The quantitative estimate of drug-likeness (QED) is 0.325. The van der Waals surface area contributed by atoms with Crippen LogP contribution < -0.4 is 5.32 Å². The minimum absolute atomic E-state index is 0.397. The number of aromatic nitrogens is 5. The summed E-state index contributed by atoms with van der Waals surface area (Å²) in [4.78, 5) is 17.6. The molecule has 166 valence electrons. The zero-order chi connectivity index (χ0) is 22.1. The van der Waals surface area contributed by atoms with Gasteiger partial charge in [-0.3, -0.25) is 4.57 Å². The molecule has 4 heterocycles. The number of nitrogens with one attached hydrogen (secondary N) is 1. The first-order chi connectivity index (χ1) is 15.7. The van der Waals surface area contributed by atoms with Crippen LogP contribution in [0.25, 0.3) is 22.4 Å². The molecule has 4 aromatic rings. The maximum Gasteiger partial charge on any atom is 0.167 e. The van der Waals surface area contributed by atoms with Gasteiger partial charge in [0.15, 0.2) is 23.2 Å². The van der Waals surface area contributed by atoms with Crippen LogP contribution in [0, 0.1) is 0 Å². The molecule has 0 spiro atoms. The Kier molecular flexibility index (Phi) is 5.81. The fourth-order valence-corrected chi connectivity index (χ4v) is 4.54. The standard InChI is InChI=1S/C21H22N6O4S/c28-8-14-17(29)18(30)21(31-14)27-11-25-16-19(23-10-24-20(16)27)22-7-6-15-26-13(9-32-15)12-4-2-1-3-5-12/h1-5,9-11,14,17-18,21,28-30H,6-8H2,(H,22,23,24)/t14-,17?,18?,21-/m1/s1. The van der Waals surface area contributed by atoms with Crippen LogP contribution in [0.15, 0.2) is 48.4 Å². The summed E-state index contributed by atoms with van der Waals surface area (Å²) in [5.74, 6) is 0.556. The van der Waals surface area contributed by atoms with Gasteiger partial charge in [-0.05, 0) is 0 Å². The minimum atomic E-state index is -1.21. The van der Waals surface area contributed by atoms with Crippen LogP contribution in [-0.4, -0.2) is 71.3 Å². The fourth-order valence-electron chi connectivity index (χ4n) is 3.73. The zero-order valence-electron chi connectivity index (χ0n) is 16.9. The van der Waals surface area contributed by atoms with E-state index in [1.165, 1.54) is 12.7 Å². The lowest BCUT2D eigenvalue weighted by molar-refractivity contribution is -0.0511. The Hall–Kier alpha value is -2.96. The number of hydrogen-bond acceptors (Lipinski definition) is 10. The average Bonchev–Trinajstić information content (AvgIpc) is 3.53. The van der Waals surface area contributed by atoms with Crippen LogP contribution in [0.1, 0.15) is 11.2 Å². The lowest BCUT2D eigenvalue weighted by atomic mass is 10.1. The number of aliphatic hydroxyl groups excluding tert-OH is 3. The van der Waals surface area contributed by atoms with Gasteiger partial charge in [-0.2, -0.15) is 0 Å². The first kappa shape index (κ1) is 20.9. The van der Waals surface area contributed by atoms with Crippen molar-refractivity contribution in [2.45, 2.75) is 31.0 Å². The van der Waals surface area contributed by atoms with Crippen molar-refractivity contribution in [2.75, 3.05) is 18.5 Å². The smallest absolute Gasteiger partial charge is 0.167 e. The number of imidazole rings is 1. The molecule has 1 aromatic carbocycles. The van der Waals surface area contributed by atoms with Crippen LogP contribution in [0.3, 0.4) is 0 Å². The van der Waals surface area contributed by atoms with Crippen molar-refractivity contribution in [3.8, 4) is 11.3 Å². The van der Waals surface area contributed by atoms with E-state index in [-0.39, 0.29) is 0 Å². The molecule has 0 saturated carbocycles. The molecule has 0 amide bonds. The predicted octanol–water partition coefficient (Wildman–Crippen LogP) is 1.22. The highest BCUT2D eigenvalue weighted by molar-refractivity contribution is 7.09. The Labute approximate surface area is 187 Å². The molecule has 2 unspecified atom stereocenters. The highest BCUT2D eigenvalue weighted by Gasteiger charge is 2.44. The van der Waals surface area contributed by atoms with Crippen LogP contribution in [0.2, 0.25) is 0 Å². The number of ether oxygens (including phenoxy) is 1. The molecule has 11 heteroatoms. The second kappa shape index (κ2) is 8.88. The molecule has 5 rings (SSSR count). The van der Waals surface area contributed by atoms with Gasteiger partial charge < -0.3 is 25.4 Å². The topological polar surface area (TPSA) is 138 Å². The van der Waals surface area contributed by atoms with Crippen molar-refractivity contribution >= 4 is 28.3 Å². The molecule has 0 radical (unpaired) electrons. The van der Waals surface area contributed by atoms with E-state index in [0.29, 0.717) is 23.5 Å². The van der Waals surface area contributed by atoms with Crippen molar-refractivity contribution in [1.29, 1.82) is 0 Å². The third-order valence-electron chi connectivity index (χ3n) is 5.40. The number of anilines is 1. The van der Waals surface area contributed by atoms with Crippen molar-refractivity contribution in [3.05, 3.63) is 53.4 Å². The van der Waals surface area contributed by atoms with Crippen molar-refractivity contribution < 1.29 is 20.1 Å².